The Hall–Kier alpha value is -8.69. The Kier molecular flexibility index (Phi) is 12.6. The zero-order valence-electron chi connectivity index (χ0n) is 39.3. The van der Waals surface area contributed by atoms with Crippen LogP contribution in [0.1, 0.15) is 0 Å². The van der Waals surface area contributed by atoms with E-state index in [4.69, 9.17) is 9.97 Å². The highest BCUT2D eigenvalue weighted by Gasteiger charge is 2.22. The van der Waals surface area contributed by atoms with E-state index in [1.54, 1.807) is 6.20 Å². The summed E-state index contributed by atoms with van der Waals surface area (Å²) in [4.78, 5) is 18.2. The zero-order chi connectivity index (χ0) is 49.1. The van der Waals surface area contributed by atoms with Crippen molar-refractivity contribution < 1.29 is 0 Å². The molecule has 0 saturated heterocycles. The highest BCUT2D eigenvalue weighted by molar-refractivity contribution is 9.11. The summed E-state index contributed by atoms with van der Waals surface area (Å²) in [6.45, 7) is 0. The molecule has 0 aliphatic rings. The van der Waals surface area contributed by atoms with Crippen molar-refractivity contribution in [3.8, 4) is 0 Å². The minimum atomic E-state index is 0.869. The number of benzene rings is 11. The Morgan fingerprint density at radius 1 is 0.301 bits per heavy atom. The lowest BCUT2D eigenvalue weighted by Crippen LogP contribution is -2.12. The molecule has 6 nitrogen and oxygen atoms in total. The molecule has 3 aromatic heterocycles. The maximum atomic E-state index is 4.76. The summed E-state index contributed by atoms with van der Waals surface area (Å²) in [6, 6.07) is 84.1. The molecule has 0 amide bonds. The molecule has 0 bridgehead atoms. The van der Waals surface area contributed by atoms with Gasteiger partial charge in [0.1, 0.15) is 17.5 Å². The smallest absolute Gasteiger partial charge is 0.137 e. The van der Waals surface area contributed by atoms with Crippen LogP contribution in [0.2, 0.25) is 0 Å². The second-order valence-electron chi connectivity index (χ2n) is 17.5. The van der Waals surface area contributed by atoms with E-state index in [1.807, 2.05) is 97.3 Å². The summed E-state index contributed by atoms with van der Waals surface area (Å²) in [5.41, 5.74) is 5.38. The molecule has 73 heavy (non-hydrogen) atoms. The van der Waals surface area contributed by atoms with Gasteiger partial charge in [-0.1, -0.05) is 177 Å². The zero-order valence-corrected chi connectivity index (χ0v) is 42.5. The maximum absolute atomic E-state index is 4.76. The molecule has 348 valence electrons. The second-order valence-corrected chi connectivity index (χ2v) is 19.2. The Bertz CT molecular complexity index is 3780. The number of pyridine rings is 3. The molecule has 14 rings (SSSR count). The van der Waals surface area contributed by atoms with Crippen LogP contribution in [0.25, 0.3) is 64.6 Å². The van der Waals surface area contributed by atoms with Crippen molar-refractivity contribution >= 4 is 142 Å². The summed E-state index contributed by atoms with van der Waals surface area (Å²) in [6.07, 6.45) is 5.47. The van der Waals surface area contributed by atoms with Crippen molar-refractivity contribution in [2.45, 2.75) is 0 Å². The lowest BCUT2D eigenvalue weighted by Gasteiger charge is -2.28. The fourth-order valence-corrected chi connectivity index (χ4v) is 10.8. The molecule has 8 heteroatoms. The SMILES string of the molecule is Brc1ccc2ccc3c(Br)ccc4ccc1c2c43.c1ccc(N(c2ccccn2)c2ccc3ccc4c(N(c5ccccc5)c5ccccn5)ccc5ccc2c3c54)cc1.c1ccc(Nc2ccccn2)cc1. The van der Waals surface area contributed by atoms with E-state index in [-0.39, 0.29) is 0 Å². The molecule has 3 heterocycles. The van der Waals surface area contributed by atoms with Crippen LogP contribution in [-0.4, -0.2) is 15.0 Å². The summed E-state index contributed by atoms with van der Waals surface area (Å²) in [5, 5.41) is 18.3. The van der Waals surface area contributed by atoms with Gasteiger partial charge in [-0.05, 0) is 151 Å². The molecule has 0 aliphatic heterocycles. The molecular weight excluding hydrogens is 1020 g/mol. The van der Waals surface area contributed by atoms with Crippen molar-refractivity contribution in [1.82, 2.24) is 15.0 Å². The number of rotatable bonds is 8. The minimum Gasteiger partial charge on any atom is -0.340 e. The summed E-state index contributed by atoms with van der Waals surface area (Å²) in [5.74, 6) is 2.63. The third-order valence-electron chi connectivity index (χ3n) is 13.2. The first-order valence-electron chi connectivity index (χ1n) is 24.0. The van der Waals surface area contributed by atoms with E-state index in [9.17, 15) is 0 Å². The van der Waals surface area contributed by atoms with Gasteiger partial charge in [-0.25, -0.2) is 15.0 Å². The maximum Gasteiger partial charge on any atom is 0.137 e. The van der Waals surface area contributed by atoms with Crippen LogP contribution in [-0.2, 0) is 0 Å². The molecule has 0 atom stereocenters. The summed E-state index contributed by atoms with van der Waals surface area (Å²) < 4.78 is 2.31. The predicted octanol–water partition coefficient (Wildman–Crippen LogP) is 19.2. The third kappa shape index (κ3) is 8.92. The van der Waals surface area contributed by atoms with Crippen LogP contribution in [0.5, 0.6) is 0 Å². The van der Waals surface area contributed by atoms with Crippen molar-refractivity contribution in [2.75, 3.05) is 15.1 Å². The van der Waals surface area contributed by atoms with Crippen LogP contribution in [0.3, 0.4) is 0 Å². The molecule has 0 aliphatic carbocycles. The molecule has 0 unspecified atom stereocenters. The second kappa shape index (κ2) is 20.2. The predicted molar refractivity (Wildman–Crippen MR) is 315 cm³/mol. The van der Waals surface area contributed by atoms with Crippen LogP contribution >= 0.6 is 31.9 Å². The molecule has 1 N–H and O–H groups in total. The quantitative estimate of drug-likeness (QED) is 0.153. The average molecular weight is 1070 g/mol. The largest absolute Gasteiger partial charge is 0.340 e. The van der Waals surface area contributed by atoms with Gasteiger partial charge in [0.25, 0.3) is 0 Å². The standard InChI is InChI=1S/C38H26N4.C16H8Br2.C11H10N2/c1-3-11-29(12-4-1)41(35-15-7-9-25-39-35)33-23-19-27-18-22-32-34(24-20-28-17-21-31(33)37(27)38(28)32)42(30-13-5-2-6-14-30)36-16-8-10-26-40-36;17-13-8-4-10-2-6-12-14(18)7-3-9-1-5-11(13)16(10)15(9)12;1-2-6-10(7-3-1)13-11-8-4-5-9-12-11/h1-26H;1-8H;1-9H,(H,12,13). The normalized spacial score (nSPS) is 11.2. The van der Waals surface area contributed by atoms with Crippen molar-refractivity contribution in [3.63, 3.8) is 0 Å². The Balaban J connectivity index is 0.000000142. The van der Waals surface area contributed by atoms with Gasteiger partial charge in [-0.2, -0.15) is 0 Å². The number of para-hydroxylation sites is 3. The van der Waals surface area contributed by atoms with E-state index in [0.717, 1.165) is 54.8 Å². The Morgan fingerprint density at radius 2 is 0.658 bits per heavy atom. The van der Waals surface area contributed by atoms with Crippen molar-refractivity contribution in [1.29, 1.82) is 0 Å². The summed E-state index contributed by atoms with van der Waals surface area (Å²) in [7, 11) is 0. The van der Waals surface area contributed by atoms with E-state index >= 15 is 0 Å². The van der Waals surface area contributed by atoms with Crippen LogP contribution in [0, 0.1) is 0 Å². The Morgan fingerprint density at radius 3 is 1.07 bits per heavy atom. The number of hydrogen-bond donors (Lipinski definition) is 1. The fraction of sp³-hybridized carbons (Fsp3) is 0. The van der Waals surface area contributed by atoms with E-state index in [2.05, 4.69) is 210 Å². The number of nitrogens with one attached hydrogen (secondary N) is 1. The number of anilines is 8. The molecular formula is C65H44Br2N6. The first-order chi connectivity index (χ1) is 36.1. The van der Waals surface area contributed by atoms with Crippen LogP contribution < -0.4 is 15.1 Å². The number of hydrogen-bond acceptors (Lipinski definition) is 6. The molecule has 0 saturated carbocycles. The third-order valence-corrected chi connectivity index (χ3v) is 14.5. The van der Waals surface area contributed by atoms with Crippen LogP contribution in [0.15, 0.2) is 270 Å². The van der Waals surface area contributed by atoms with E-state index < -0.39 is 0 Å². The number of nitrogens with zero attached hydrogens (tertiary/aromatic N) is 5. The van der Waals surface area contributed by atoms with Crippen LogP contribution in [0.4, 0.5) is 45.9 Å². The first-order valence-corrected chi connectivity index (χ1v) is 25.6. The van der Waals surface area contributed by atoms with Gasteiger partial charge in [0.2, 0.25) is 0 Å². The number of halogens is 2. The monoisotopic (exact) mass is 1070 g/mol. The number of aromatic nitrogens is 3. The fourth-order valence-electron chi connectivity index (χ4n) is 9.91. The highest BCUT2D eigenvalue weighted by Crippen LogP contribution is 2.47. The molecule has 14 aromatic rings. The molecule has 0 fully saturated rings. The minimum absolute atomic E-state index is 0.869. The van der Waals surface area contributed by atoms with Gasteiger partial charge in [0.05, 0.1) is 11.4 Å². The lowest BCUT2D eigenvalue weighted by atomic mass is 9.92. The first kappa shape index (κ1) is 45.4. The van der Waals surface area contributed by atoms with Crippen molar-refractivity contribution in [3.05, 3.63) is 270 Å². The van der Waals surface area contributed by atoms with Gasteiger partial charge in [0, 0.05) is 55.4 Å². The molecule has 0 spiro atoms. The average Bonchev–Trinajstić information content (AvgIpc) is 3.45. The van der Waals surface area contributed by atoms with Gasteiger partial charge < -0.3 is 5.32 Å². The van der Waals surface area contributed by atoms with Gasteiger partial charge in [0.15, 0.2) is 0 Å². The topological polar surface area (TPSA) is 57.2 Å². The molecule has 11 aromatic carbocycles. The van der Waals surface area contributed by atoms with Crippen molar-refractivity contribution in [2.24, 2.45) is 0 Å². The lowest BCUT2D eigenvalue weighted by molar-refractivity contribution is 1.19. The van der Waals surface area contributed by atoms with Gasteiger partial charge >= 0.3 is 0 Å². The summed E-state index contributed by atoms with van der Waals surface area (Å²) >= 11 is 7.30. The van der Waals surface area contributed by atoms with E-state index in [0.29, 0.717) is 0 Å². The van der Waals surface area contributed by atoms with Gasteiger partial charge in [-0.3, -0.25) is 9.80 Å². The Labute approximate surface area is 439 Å². The highest BCUT2D eigenvalue weighted by atomic mass is 79.9. The molecule has 0 radical (unpaired) electrons. The van der Waals surface area contributed by atoms with Gasteiger partial charge in [-0.15, -0.1) is 0 Å². The van der Waals surface area contributed by atoms with E-state index in [1.165, 1.54) is 64.6 Å².